The van der Waals surface area contributed by atoms with E-state index in [4.69, 9.17) is 13.8 Å². The van der Waals surface area contributed by atoms with Crippen LogP contribution >= 0.6 is 7.60 Å². The predicted octanol–water partition coefficient (Wildman–Crippen LogP) is 5.22. The predicted molar refractivity (Wildman–Crippen MR) is 112 cm³/mol. The Bertz CT molecular complexity index is 883. The molecule has 0 aliphatic rings. The van der Waals surface area contributed by atoms with Crippen molar-refractivity contribution in [2.45, 2.75) is 37.4 Å². The maximum atomic E-state index is 15.6. The Balaban J connectivity index is 2.49. The first-order chi connectivity index (χ1) is 14.2. The van der Waals surface area contributed by atoms with Gasteiger partial charge < -0.3 is 13.8 Å². The summed E-state index contributed by atoms with van der Waals surface area (Å²) in [5, 5.41) is 0. The SMILES string of the molecule is CCOP(=O)(OCC)C(F)(F)[C@H](NS(=O)c1ccc(C)cc1)c1ccc(OC)cc1. The topological polar surface area (TPSA) is 73.9 Å². The lowest BCUT2D eigenvalue weighted by atomic mass is 10.1. The van der Waals surface area contributed by atoms with Crippen molar-refractivity contribution >= 4 is 18.6 Å². The van der Waals surface area contributed by atoms with E-state index in [-0.39, 0.29) is 18.8 Å². The molecule has 0 bridgehead atoms. The van der Waals surface area contributed by atoms with Crippen LogP contribution in [-0.2, 0) is 24.6 Å². The monoisotopic (exact) mass is 461 g/mol. The van der Waals surface area contributed by atoms with Gasteiger partial charge in [0.05, 0.1) is 25.2 Å². The second-order valence-electron chi connectivity index (χ2n) is 6.33. The number of ether oxygens (including phenoxy) is 1. The molecule has 0 saturated carbocycles. The maximum Gasteiger partial charge on any atom is 0.401 e. The molecule has 10 heteroatoms. The van der Waals surface area contributed by atoms with Crippen LogP contribution in [0.1, 0.15) is 31.0 Å². The Morgan fingerprint density at radius 2 is 1.57 bits per heavy atom. The van der Waals surface area contributed by atoms with Gasteiger partial charge in [0.2, 0.25) is 0 Å². The van der Waals surface area contributed by atoms with Crippen molar-refractivity contribution in [2.75, 3.05) is 20.3 Å². The minimum atomic E-state index is -4.88. The van der Waals surface area contributed by atoms with Gasteiger partial charge in [-0.3, -0.25) is 4.57 Å². The summed E-state index contributed by atoms with van der Waals surface area (Å²) in [6, 6.07) is 10.4. The average Bonchev–Trinajstić information content (AvgIpc) is 2.72. The fourth-order valence-electron chi connectivity index (χ4n) is 2.68. The fraction of sp³-hybridized carbons (Fsp3) is 0.400. The third-order valence-corrected chi connectivity index (χ3v) is 7.55. The van der Waals surface area contributed by atoms with Gasteiger partial charge in [-0.05, 0) is 50.6 Å². The number of benzene rings is 2. The first kappa shape index (κ1) is 24.6. The van der Waals surface area contributed by atoms with E-state index in [9.17, 15) is 8.77 Å². The van der Waals surface area contributed by atoms with Crippen molar-refractivity contribution in [3.05, 3.63) is 59.7 Å². The number of aryl methyl sites for hydroxylation is 1. The fourth-order valence-corrected chi connectivity index (χ4v) is 5.41. The quantitative estimate of drug-likeness (QED) is 0.465. The van der Waals surface area contributed by atoms with Crippen LogP contribution < -0.4 is 9.46 Å². The summed E-state index contributed by atoms with van der Waals surface area (Å²) in [5.41, 5.74) is -3.01. The number of hydrogen-bond donors (Lipinski definition) is 1. The molecule has 0 amide bonds. The highest BCUT2D eigenvalue weighted by molar-refractivity contribution is 7.83. The van der Waals surface area contributed by atoms with Gasteiger partial charge in [0.25, 0.3) is 0 Å². The van der Waals surface area contributed by atoms with E-state index in [1.165, 1.54) is 45.2 Å². The van der Waals surface area contributed by atoms with E-state index in [2.05, 4.69) is 4.72 Å². The molecule has 0 aliphatic carbocycles. The third kappa shape index (κ3) is 5.53. The number of alkyl halides is 2. The van der Waals surface area contributed by atoms with Crippen molar-refractivity contribution in [1.29, 1.82) is 0 Å². The lowest BCUT2D eigenvalue weighted by Gasteiger charge is -2.32. The highest BCUT2D eigenvalue weighted by atomic mass is 32.2. The summed E-state index contributed by atoms with van der Waals surface area (Å²) in [5.74, 6) is 0.457. The van der Waals surface area contributed by atoms with Crippen LogP contribution in [0, 0.1) is 6.92 Å². The Morgan fingerprint density at radius 1 is 1.03 bits per heavy atom. The molecule has 6 nitrogen and oxygen atoms in total. The highest BCUT2D eigenvalue weighted by Crippen LogP contribution is 2.66. The Labute approximate surface area is 178 Å². The molecular weight excluding hydrogens is 435 g/mol. The molecular formula is C20H26F2NO5PS. The molecule has 0 fully saturated rings. The molecule has 2 rings (SSSR count). The summed E-state index contributed by atoms with van der Waals surface area (Å²) >= 11 is 0. The molecule has 0 aliphatic heterocycles. The van der Waals surface area contributed by atoms with Gasteiger partial charge in [0.1, 0.15) is 22.8 Å². The minimum absolute atomic E-state index is 0.0564. The zero-order valence-corrected chi connectivity index (χ0v) is 19.0. The summed E-state index contributed by atoms with van der Waals surface area (Å²) in [7, 11) is -5.44. The molecule has 2 aromatic rings. The minimum Gasteiger partial charge on any atom is -0.497 e. The molecule has 166 valence electrons. The van der Waals surface area contributed by atoms with Crippen molar-refractivity contribution in [3.63, 3.8) is 0 Å². The largest absolute Gasteiger partial charge is 0.497 e. The van der Waals surface area contributed by atoms with E-state index < -0.39 is 30.3 Å². The van der Waals surface area contributed by atoms with E-state index >= 15 is 8.78 Å². The van der Waals surface area contributed by atoms with Gasteiger partial charge in [-0.1, -0.05) is 29.8 Å². The molecule has 0 heterocycles. The molecule has 0 saturated heterocycles. The zero-order chi connectivity index (χ0) is 22.4. The second kappa shape index (κ2) is 10.6. The molecule has 0 spiro atoms. The first-order valence-electron chi connectivity index (χ1n) is 9.34. The molecule has 1 unspecified atom stereocenters. The van der Waals surface area contributed by atoms with Crippen molar-refractivity contribution in [2.24, 2.45) is 0 Å². The number of nitrogens with one attached hydrogen (secondary N) is 1. The van der Waals surface area contributed by atoms with Gasteiger partial charge in [-0.2, -0.15) is 8.78 Å². The summed E-state index contributed by atoms with van der Waals surface area (Å²) in [6.07, 6.45) is 0. The van der Waals surface area contributed by atoms with Crippen LogP contribution in [-0.4, -0.2) is 30.2 Å². The lowest BCUT2D eigenvalue weighted by molar-refractivity contribution is 0.0116. The van der Waals surface area contributed by atoms with E-state index in [0.29, 0.717) is 10.6 Å². The average molecular weight is 461 g/mol. The highest BCUT2D eigenvalue weighted by Gasteiger charge is 2.59. The summed E-state index contributed by atoms with van der Waals surface area (Å²) in [4.78, 5) is 0.303. The number of halogens is 2. The summed E-state index contributed by atoms with van der Waals surface area (Å²) in [6.45, 7) is 4.28. The van der Waals surface area contributed by atoms with Gasteiger partial charge in [0.15, 0.2) is 0 Å². The first-order valence-corrected chi connectivity index (χ1v) is 12.0. The van der Waals surface area contributed by atoms with Crippen molar-refractivity contribution in [1.82, 2.24) is 4.72 Å². The Morgan fingerprint density at radius 3 is 2.03 bits per heavy atom. The molecule has 2 aromatic carbocycles. The van der Waals surface area contributed by atoms with Gasteiger partial charge in [-0.15, -0.1) is 0 Å². The number of rotatable bonds is 11. The van der Waals surface area contributed by atoms with E-state index in [0.717, 1.165) is 5.56 Å². The zero-order valence-electron chi connectivity index (χ0n) is 17.3. The number of hydrogen-bond acceptors (Lipinski definition) is 5. The van der Waals surface area contributed by atoms with Crippen LogP contribution in [0.4, 0.5) is 8.78 Å². The Hall–Kier alpha value is -1.64. The van der Waals surface area contributed by atoms with Crippen LogP contribution in [0.3, 0.4) is 0 Å². The van der Waals surface area contributed by atoms with E-state index in [1.54, 1.807) is 24.3 Å². The molecule has 1 N–H and O–H groups in total. The smallest absolute Gasteiger partial charge is 0.401 e. The molecule has 30 heavy (non-hydrogen) atoms. The molecule has 0 aromatic heterocycles. The van der Waals surface area contributed by atoms with Crippen LogP contribution in [0.5, 0.6) is 5.75 Å². The van der Waals surface area contributed by atoms with Gasteiger partial charge in [-0.25, -0.2) is 8.93 Å². The normalized spacial score (nSPS) is 14.3. The van der Waals surface area contributed by atoms with Gasteiger partial charge >= 0.3 is 13.3 Å². The van der Waals surface area contributed by atoms with Crippen LogP contribution in [0.2, 0.25) is 0 Å². The Kier molecular flexibility index (Phi) is 8.70. The van der Waals surface area contributed by atoms with E-state index in [1.807, 2.05) is 6.92 Å². The standard InChI is InChI=1S/C20H26F2NO5PS/c1-5-27-29(24,28-6-2)20(21,22)19(16-9-11-17(26-4)12-10-16)23-30(25)18-13-7-15(3)8-14-18/h7-14,19,23H,5-6H2,1-4H3/t19-,30?/m1/s1. The van der Waals surface area contributed by atoms with Crippen LogP contribution in [0.25, 0.3) is 0 Å². The lowest BCUT2D eigenvalue weighted by Crippen LogP contribution is -2.39. The summed E-state index contributed by atoms with van der Waals surface area (Å²) < 4.78 is 74.3. The molecule has 0 radical (unpaired) electrons. The van der Waals surface area contributed by atoms with Gasteiger partial charge in [0, 0.05) is 0 Å². The van der Waals surface area contributed by atoms with Crippen LogP contribution in [0.15, 0.2) is 53.4 Å². The maximum absolute atomic E-state index is 15.6. The van der Waals surface area contributed by atoms with Crippen molar-refractivity contribution in [3.8, 4) is 5.75 Å². The second-order valence-corrected chi connectivity index (χ2v) is 9.68. The number of methoxy groups -OCH3 is 1. The third-order valence-electron chi connectivity index (χ3n) is 4.22. The molecule has 2 atom stereocenters. The van der Waals surface area contributed by atoms with Crippen molar-refractivity contribution < 1.29 is 31.3 Å².